The SMILES string of the molecule is Cl.Cn1ccnc1C1CNCCN1Cc1cc(F)cc(F)c1. The molecule has 0 aliphatic carbocycles. The summed E-state index contributed by atoms with van der Waals surface area (Å²) in [5, 5.41) is 3.35. The Balaban J connectivity index is 0.00000176. The van der Waals surface area contributed by atoms with E-state index in [9.17, 15) is 8.78 Å². The third-order valence-electron chi connectivity index (χ3n) is 3.82. The molecule has 2 heterocycles. The van der Waals surface area contributed by atoms with Crippen LogP contribution in [0.25, 0.3) is 0 Å². The first-order chi connectivity index (χ1) is 10.1. The van der Waals surface area contributed by atoms with Gasteiger partial charge in [0, 0.05) is 51.7 Å². The number of nitrogens with one attached hydrogen (secondary N) is 1. The third-order valence-corrected chi connectivity index (χ3v) is 3.82. The van der Waals surface area contributed by atoms with E-state index in [2.05, 4.69) is 15.2 Å². The number of aromatic nitrogens is 2. The average Bonchev–Trinajstić information content (AvgIpc) is 2.84. The number of benzene rings is 1. The third kappa shape index (κ3) is 3.63. The van der Waals surface area contributed by atoms with Crippen LogP contribution in [-0.2, 0) is 13.6 Å². The predicted octanol–water partition coefficient (Wildman–Crippen LogP) is 2.27. The second kappa shape index (κ2) is 7.17. The largest absolute Gasteiger partial charge is 0.337 e. The van der Waals surface area contributed by atoms with Gasteiger partial charge in [0.25, 0.3) is 0 Å². The lowest BCUT2D eigenvalue weighted by molar-refractivity contribution is 0.144. The highest BCUT2D eigenvalue weighted by molar-refractivity contribution is 5.85. The number of nitrogens with zero attached hydrogens (tertiary/aromatic N) is 3. The Hall–Kier alpha value is -1.50. The first-order valence-corrected chi connectivity index (χ1v) is 7.00. The topological polar surface area (TPSA) is 33.1 Å². The van der Waals surface area contributed by atoms with Crippen LogP contribution >= 0.6 is 12.4 Å². The van der Waals surface area contributed by atoms with Gasteiger partial charge in [0.2, 0.25) is 0 Å². The molecule has 3 rings (SSSR count). The Kier molecular flexibility index (Phi) is 5.50. The number of aryl methyl sites for hydroxylation is 1. The van der Waals surface area contributed by atoms with Gasteiger partial charge in [0.15, 0.2) is 0 Å². The monoisotopic (exact) mass is 328 g/mol. The number of hydrogen-bond donors (Lipinski definition) is 1. The zero-order valence-electron chi connectivity index (χ0n) is 12.3. The zero-order chi connectivity index (χ0) is 14.8. The molecule has 1 aliphatic rings. The van der Waals surface area contributed by atoms with Crippen LogP contribution in [0.3, 0.4) is 0 Å². The highest BCUT2D eigenvalue weighted by Gasteiger charge is 2.26. The molecule has 1 N–H and O–H groups in total. The molecule has 1 fully saturated rings. The fourth-order valence-electron chi connectivity index (χ4n) is 2.83. The summed E-state index contributed by atoms with van der Waals surface area (Å²) in [7, 11) is 1.96. The molecular formula is C15H19ClF2N4. The molecule has 0 bridgehead atoms. The first kappa shape index (κ1) is 16.9. The average molecular weight is 329 g/mol. The molecular weight excluding hydrogens is 310 g/mol. The fraction of sp³-hybridized carbons (Fsp3) is 0.400. The number of imidazole rings is 1. The van der Waals surface area contributed by atoms with Crippen molar-refractivity contribution in [1.82, 2.24) is 19.8 Å². The van der Waals surface area contributed by atoms with Gasteiger partial charge in [-0.05, 0) is 17.7 Å². The first-order valence-electron chi connectivity index (χ1n) is 7.00. The van der Waals surface area contributed by atoms with Gasteiger partial charge >= 0.3 is 0 Å². The summed E-state index contributed by atoms with van der Waals surface area (Å²) in [6, 6.07) is 3.78. The molecule has 2 aromatic rings. The molecule has 1 unspecified atom stereocenters. The van der Waals surface area contributed by atoms with Crippen molar-refractivity contribution in [2.75, 3.05) is 19.6 Å². The number of halogens is 3. The lowest BCUT2D eigenvalue weighted by atomic mass is 10.1. The zero-order valence-corrected chi connectivity index (χ0v) is 13.1. The van der Waals surface area contributed by atoms with Crippen LogP contribution in [0, 0.1) is 11.6 Å². The van der Waals surface area contributed by atoms with Crippen LogP contribution in [0.5, 0.6) is 0 Å². The van der Waals surface area contributed by atoms with Gasteiger partial charge in [-0.2, -0.15) is 0 Å². The Bertz CT molecular complexity index is 612. The molecule has 4 nitrogen and oxygen atoms in total. The number of piperazine rings is 1. The van der Waals surface area contributed by atoms with E-state index in [0.29, 0.717) is 12.1 Å². The lowest BCUT2D eigenvalue weighted by Crippen LogP contribution is -2.46. The highest BCUT2D eigenvalue weighted by Crippen LogP contribution is 2.23. The maximum absolute atomic E-state index is 13.3. The minimum Gasteiger partial charge on any atom is -0.337 e. The summed E-state index contributed by atoms with van der Waals surface area (Å²) in [5.41, 5.74) is 0.647. The summed E-state index contributed by atoms with van der Waals surface area (Å²) in [4.78, 5) is 6.60. The Labute approximate surface area is 134 Å². The van der Waals surface area contributed by atoms with Crippen molar-refractivity contribution >= 4 is 12.4 Å². The van der Waals surface area contributed by atoms with E-state index in [1.54, 1.807) is 6.20 Å². The molecule has 7 heteroatoms. The van der Waals surface area contributed by atoms with E-state index in [-0.39, 0.29) is 18.4 Å². The van der Waals surface area contributed by atoms with E-state index in [0.717, 1.165) is 31.5 Å². The van der Waals surface area contributed by atoms with E-state index in [1.807, 2.05) is 17.8 Å². The van der Waals surface area contributed by atoms with Crippen molar-refractivity contribution in [2.24, 2.45) is 7.05 Å². The lowest BCUT2D eigenvalue weighted by Gasteiger charge is -2.35. The molecule has 0 amide bonds. The van der Waals surface area contributed by atoms with Crippen LogP contribution < -0.4 is 5.32 Å². The molecule has 0 radical (unpaired) electrons. The molecule has 1 aromatic heterocycles. The van der Waals surface area contributed by atoms with Crippen molar-refractivity contribution in [3.05, 3.63) is 53.6 Å². The van der Waals surface area contributed by atoms with Crippen molar-refractivity contribution in [2.45, 2.75) is 12.6 Å². The Morgan fingerprint density at radius 1 is 1.27 bits per heavy atom. The molecule has 1 aliphatic heterocycles. The summed E-state index contributed by atoms with van der Waals surface area (Å²) in [6.07, 6.45) is 3.67. The standard InChI is InChI=1S/C15H18F2N4.ClH/c1-20-4-3-19-15(20)14-9-18-2-5-21(14)10-11-6-12(16)8-13(17)7-11;/h3-4,6-8,14,18H,2,5,9-10H2,1H3;1H. The highest BCUT2D eigenvalue weighted by atomic mass is 35.5. The van der Waals surface area contributed by atoms with Crippen molar-refractivity contribution in [3.8, 4) is 0 Å². The van der Waals surface area contributed by atoms with E-state index < -0.39 is 11.6 Å². The van der Waals surface area contributed by atoms with Crippen LogP contribution in [0.1, 0.15) is 17.4 Å². The maximum atomic E-state index is 13.3. The smallest absolute Gasteiger partial charge is 0.127 e. The van der Waals surface area contributed by atoms with Crippen LogP contribution in [-0.4, -0.2) is 34.1 Å². The van der Waals surface area contributed by atoms with Gasteiger partial charge in [0.1, 0.15) is 17.5 Å². The Morgan fingerprint density at radius 3 is 2.64 bits per heavy atom. The summed E-state index contributed by atoms with van der Waals surface area (Å²) >= 11 is 0. The van der Waals surface area contributed by atoms with Crippen LogP contribution in [0.2, 0.25) is 0 Å². The molecule has 0 spiro atoms. The molecule has 22 heavy (non-hydrogen) atoms. The molecule has 120 valence electrons. The van der Waals surface area contributed by atoms with Gasteiger partial charge < -0.3 is 9.88 Å². The molecule has 1 atom stereocenters. The minimum atomic E-state index is -0.534. The maximum Gasteiger partial charge on any atom is 0.127 e. The van der Waals surface area contributed by atoms with Gasteiger partial charge in [-0.3, -0.25) is 4.90 Å². The molecule has 1 aromatic carbocycles. The van der Waals surface area contributed by atoms with Gasteiger partial charge in [0.05, 0.1) is 6.04 Å². The second-order valence-electron chi connectivity index (χ2n) is 5.36. The van der Waals surface area contributed by atoms with Crippen molar-refractivity contribution in [3.63, 3.8) is 0 Å². The van der Waals surface area contributed by atoms with E-state index >= 15 is 0 Å². The van der Waals surface area contributed by atoms with Gasteiger partial charge in [-0.15, -0.1) is 12.4 Å². The van der Waals surface area contributed by atoms with Gasteiger partial charge in [-0.1, -0.05) is 0 Å². The quantitative estimate of drug-likeness (QED) is 0.938. The van der Waals surface area contributed by atoms with Crippen molar-refractivity contribution < 1.29 is 8.78 Å². The van der Waals surface area contributed by atoms with E-state index in [1.165, 1.54) is 12.1 Å². The summed E-state index contributed by atoms with van der Waals surface area (Å²) in [6.45, 7) is 2.96. The molecule has 0 saturated carbocycles. The number of rotatable bonds is 3. The normalized spacial score (nSPS) is 19.0. The fourth-order valence-corrected chi connectivity index (χ4v) is 2.83. The van der Waals surface area contributed by atoms with Crippen molar-refractivity contribution in [1.29, 1.82) is 0 Å². The minimum absolute atomic E-state index is 0. The summed E-state index contributed by atoms with van der Waals surface area (Å²) < 4.78 is 28.6. The predicted molar refractivity (Wildman–Crippen MR) is 82.8 cm³/mol. The molecule has 1 saturated heterocycles. The van der Waals surface area contributed by atoms with E-state index in [4.69, 9.17) is 0 Å². The second-order valence-corrected chi connectivity index (χ2v) is 5.36. The van der Waals surface area contributed by atoms with Crippen LogP contribution in [0.15, 0.2) is 30.6 Å². The van der Waals surface area contributed by atoms with Crippen LogP contribution in [0.4, 0.5) is 8.78 Å². The summed E-state index contributed by atoms with van der Waals surface area (Å²) in [5.74, 6) is -0.110. The number of hydrogen-bond acceptors (Lipinski definition) is 3. The van der Waals surface area contributed by atoms with Gasteiger partial charge in [-0.25, -0.2) is 13.8 Å². The Morgan fingerprint density at radius 2 is 2.00 bits per heavy atom.